The number of aromatic nitrogens is 3. The highest BCUT2D eigenvalue weighted by atomic mass is 32.1. The van der Waals surface area contributed by atoms with Crippen molar-refractivity contribution in [2.75, 3.05) is 54.5 Å². The van der Waals surface area contributed by atoms with Gasteiger partial charge in [-0.2, -0.15) is 0 Å². The van der Waals surface area contributed by atoms with E-state index in [9.17, 15) is 24.0 Å². The molecule has 6 bridgehead atoms. The van der Waals surface area contributed by atoms with Gasteiger partial charge in [0.25, 0.3) is 11.8 Å². The molecule has 8 rings (SSSR count). The Hall–Kier alpha value is -5.67. The summed E-state index contributed by atoms with van der Waals surface area (Å²) in [6, 6.07) is 7.74. The summed E-state index contributed by atoms with van der Waals surface area (Å²) in [4.78, 5) is 86.5. The highest BCUT2D eigenvalue weighted by molar-refractivity contribution is 7.10. The van der Waals surface area contributed by atoms with Crippen molar-refractivity contribution in [3.63, 3.8) is 0 Å². The Balaban J connectivity index is 1.12. The molecule has 0 radical (unpaired) electrons. The number of hydrazine groups is 1. The SMILES string of the molecule is CCn1c(-c2cccnc2[C@H](C)OC)c2c3cc(ccc31)-c1csc(n1)C[C@H](NC(=O)[C@H](C1CCCC1)N(C)C(=O)[C@H]1CCN(C(=O)C#CC(C)(C)N(C)C)C1)C(=O)N1CCC[C@H](N1)C(=O)OCC(C)(C)C2. The molecule has 16 nitrogen and oxygen atoms in total. The number of nitrogens with one attached hydrogen (secondary N) is 2. The Bertz CT molecular complexity index is 2750. The number of cyclic esters (lactones) is 1. The number of pyridine rings is 1. The van der Waals surface area contributed by atoms with Crippen LogP contribution in [0.3, 0.4) is 0 Å². The summed E-state index contributed by atoms with van der Waals surface area (Å²) in [5.74, 6) is 3.42. The van der Waals surface area contributed by atoms with Crippen molar-refractivity contribution in [2.45, 2.75) is 136 Å². The number of likely N-dealkylation sites (N-methyl/N-ethyl adjacent to an activating group) is 1. The summed E-state index contributed by atoms with van der Waals surface area (Å²) >= 11 is 1.42. The number of nitrogens with zero attached hydrogens (tertiary/aromatic N) is 7. The number of fused-ring (bicyclic) bond motifs is 6. The number of aryl methyl sites for hydroxylation is 1. The molecule has 17 heteroatoms. The maximum Gasteiger partial charge on any atom is 0.324 e. The first-order chi connectivity index (χ1) is 34.3. The van der Waals surface area contributed by atoms with Crippen LogP contribution in [0.5, 0.6) is 0 Å². The minimum atomic E-state index is -1.08. The summed E-state index contributed by atoms with van der Waals surface area (Å²) in [6.07, 6.45) is 7.04. The van der Waals surface area contributed by atoms with E-state index in [0.717, 1.165) is 70.4 Å². The van der Waals surface area contributed by atoms with E-state index in [-0.39, 0.29) is 43.4 Å². The average molecular weight is 1000 g/mol. The van der Waals surface area contributed by atoms with Crippen molar-refractivity contribution in [3.8, 4) is 34.4 Å². The fraction of sp³-hybridized carbons (Fsp3) is 0.582. The Kier molecular flexibility index (Phi) is 15.9. The number of methoxy groups -OCH3 is 1. The molecule has 1 aromatic carbocycles. The molecule has 3 aliphatic heterocycles. The number of amides is 4. The second-order valence-electron chi connectivity index (χ2n) is 21.7. The van der Waals surface area contributed by atoms with Gasteiger partial charge < -0.3 is 29.2 Å². The van der Waals surface area contributed by atoms with Gasteiger partial charge in [-0.05, 0) is 122 Å². The third-order valence-electron chi connectivity index (χ3n) is 15.5. The molecule has 0 unspecified atom stereocenters. The first-order valence-electron chi connectivity index (χ1n) is 25.7. The number of carbonyl (C=O) groups excluding carboxylic acids is 5. The molecule has 1 aliphatic carbocycles. The predicted molar refractivity (Wildman–Crippen MR) is 278 cm³/mol. The van der Waals surface area contributed by atoms with Crippen LogP contribution in [0.15, 0.2) is 41.9 Å². The number of esters is 1. The molecule has 4 aromatic rings. The van der Waals surface area contributed by atoms with Gasteiger partial charge in [-0.15, -0.1) is 11.3 Å². The summed E-state index contributed by atoms with van der Waals surface area (Å²) in [6.45, 7) is 14.0. The fourth-order valence-corrected chi connectivity index (χ4v) is 11.6. The Morgan fingerprint density at radius 3 is 2.56 bits per heavy atom. The topological polar surface area (TPSA) is 172 Å². The molecule has 4 aliphatic rings. The van der Waals surface area contributed by atoms with Gasteiger partial charge >= 0.3 is 5.97 Å². The second kappa shape index (κ2) is 21.8. The number of ether oxygens (including phenoxy) is 2. The van der Waals surface area contributed by atoms with E-state index in [1.807, 2.05) is 51.2 Å². The highest BCUT2D eigenvalue weighted by Crippen LogP contribution is 2.42. The zero-order valence-electron chi connectivity index (χ0n) is 43.8. The number of carbonyl (C=O) groups is 5. The smallest absolute Gasteiger partial charge is 0.324 e. The molecule has 3 aromatic heterocycles. The van der Waals surface area contributed by atoms with Crippen molar-refractivity contribution in [3.05, 3.63) is 58.2 Å². The summed E-state index contributed by atoms with van der Waals surface area (Å²) in [5.41, 5.74) is 8.82. The van der Waals surface area contributed by atoms with Gasteiger partial charge in [0, 0.05) is 85.8 Å². The summed E-state index contributed by atoms with van der Waals surface area (Å²) in [7, 11) is 7.18. The molecule has 2 N–H and O–H groups in total. The monoisotopic (exact) mass is 1000 g/mol. The molecule has 2 saturated heterocycles. The summed E-state index contributed by atoms with van der Waals surface area (Å²) in [5, 5.41) is 8.27. The Labute approximate surface area is 428 Å². The van der Waals surface area contributed by atoms with Gasteiger partial charge in [0.2, 0.25) is 11.8 Å². The lowest BCUT2D eigenvalue weighted by Gasteiger charge is -2.37. The van der Waals surface area contributed by atoms with Gasteiger partial charge in [0.1, 0.15) is 18.1 Å². The second-order valence-corrected chi connectivity index (χ2v) is 22.6. The van der Waals surface area contributed by atoms with Crippen LogP contribution in [-0.4, -0.2) is 142 Å². The molecule has 386 valence electrons. The van der Waals surface area contributed by atoms with E-state index >= 15 is 0 Å². The van der Waals surface area contributed by atoms with Crippen LogP contribution in [0, 0.1) is 29.1 Å². The predicted octanol–water partition coefficient (Wildman–Crippen LogP) is 6.41. The van der Waals surface area contributed by atoms with E-state index < -0.39 is 52.8 Å². The maximum absolute atomic E-state index is 14.9. The van der Waals surface area contributed by atoms with Crippen molar-refractivity contribution in [2.24, 2.45) is 17.3 Å². The molecule has 0 spiro atoms. The van der Waals surface area contributed by atoms with E-state index in [1.165, 1.54) is 16.3 Å². The lowest BCUT2D eigenvalue weighted by molar-refractivity contribution is -0.155. The standard InChI is InChI=1S/C55H73N9O7S/c1-11-63-44-21-20-36-28-39(44)40(49(63)38-18-14-25-56-47(38)34(2)70-10)30-54(3,4)33-71-53(69)41-19-15-26-64(59-41)52(68)42(29-45-57-43(36)32-72-45)58-50(66)48(35-16-12-13-17-35)61(9)51(67)37-23-27-62(31-37)46(65)22-24-55(5,6)60(7)8/h14,18,20-21,25,28,32,34-35,37,41-42,48,59H,11-13,15-17,19,23,26-27,29-31,33H2,1-10H3,(H,58,66)/t34-,37-,41-,42-,48-/m0/s1. The highest BCUT2D eigenvalue weighted by Gasteiger charge is 2.43. The van der Waals surface area contributed by atoms with E-state index in [2.05, 4.69) is 72.2 Å². The van der Waals surface area contributed by atoms with Gasteiger partial charge in [0.05, 0.1) is 46.3 Å². The maximum atomic E-state index is 14.9. The number of thiazole rings is 1. The molecule has 4 amide bonds. The first-order valence-corrected chi connectivity index (χ1v) is 26.6. The number of hydrogen-bond donors (Lipinski definition) is 2. The average Bonchev–Trinajstić information content (AvgIpc) is 4.22. The quantitative estimate of drug-likeness (QED) is 0.133. The minimum Gasteiger partial charge on any atom is -0.464 e. The number of likely N-dealkylation sites (tertiary alicyclic amines) is 1. The van der Waals surface area contributed by atoms with E-state index in [0.29, 0.717) is 50.3 Å². The van der Waals surface area contributed by atoms with Gasteiger partial charge in [0.15, 0.2) is 0 Å². The van der Waals surface area contributed by atoms with E-state index in [1.54, 1.807) is 30.2 Å². The van der Waals surface area contributed by atoms with Crippen LogP contribution in [0.25, 0.3) is 33.4 Å². The van der Waals surface area contributed by atoms with Crippen molar-refractivity contribution in [1.82, 2.24) is 45.0 Å². The Morgan fingerprint density at radius 2 is 1.83 bits per heavy atom. The lowest BCUT2D eigenvalue weighted by atomic mass is 9.84. The normalized spacial score (nSPS) is 21.7. The third kappa shape index (κ3) is 11.1. The number of hydrogen-bond acceptors (Lipinski definition) is 12. The minimum absolute atomic E-state index is 0.0858. The Morgan fingerprint density at radius 1 is 1.07 bits per heavy atom. The molecule has 5 atom stereocenters. The molecule has 3 fully saturated rings. The largest absolute Gasteiger partial charge is 0.464 e. The van der Waals surface area contributed by atoms with E-state index in [4.69, 9.17) is 19.4 Å². The molecule has 72 heavy (non-hydrogen) atoms. The number of benzene rings is 1. The van der Waals surface area contributed by atoms with Crippen LogP contribution >= 0.6 is 11.3 Å². The fourth-order valence-electron chi connectivity index (χ4n) is 10.8. The van der Waals surface area contributed by atoms with Crippen LogP contribution in [0.2, 0.25) is 0 Å². The van der Waals surface area contributed by atoms with Gasteiger partial charge in [-0.3, -0.25) is 38.9 Å². The van der Waals surface area contributed by atoms with Crippen LogP contribution in [0.1, 0.15) is 109 Å². The van der Waals surface area contributed by atoms with Crippen molar-refractivity contribution < 1.29 is 33.4 Å². The van der Waals surface area contributed by atoms with Crippen LogP contribution in [0.4, 0.5) is 0 Å². The van der Waals surface area contributed by atoms with Crippen molar-refractivity contribution >= 4 is 51.8 Å². The number of rotatable bonds is 10. The zero-order valence-corrected chi connectivity index (χ0v) is 44.6. The van der Waals surface area contributed by atoms with Crippen molar-refractivity contribution in [1.29, 1.82) is 0 Å². The first kappa shape index (κ1) is 52.6. The van der Waals surface area contributed by atoms with Gasteiger partial charge in [-0.1, -0.05) is 38.7 Å². The molecular weight excluding hydrogens is 931 g/mol. The summed E-state index contributed by atoms with van der Waals surface area (Å²) < 4.78 is 14.3. The van der Waals surface area contributed by atoms with Gasteiger partial charge in [-0.25, -0.2) is 10.4 Å². The molecular formula is C55H73N9O7S. The molecule has 6 heterocycles. The lowest BCUT2D eigenvalue weighted by Crippen LogP contribution is -2.62. The van der Waals surface area contributed by atoms with Crippen LogP contribution in [-0.2, 0) is 52.8 Å². The van der Waals surface area contributed by atoms with Crippen LogP contribution < -0.4 is 10.7 Å². The zero-order chi connectivity index (χ0) is 51.6. The molecule has 1 saturated carbocycles. The third-order valence-corrected chi connectivity index (χ3v) is 16.3.